The van der Waals surface area contributed by atoms with E-state index in [1.165, 1.54) is 31.2 Å². The van der Waals surface area contributed by atoms with Crippen LogP contribution in [0.2, 0.25) is 0 Å². The lowest BCUT2D eigenvalue weighted by Gasteiger charge is -2.17. The number of benzene rings is 3. The number of fused-ring (bicyclic) bond motifs is 1. The van der Waals surface area contributed by atoms with E-state index < -0.39 is 28.0 Å². The van der Waals surface area contributed by atoms with Crippen molar-refractivity contribution >= 4 is 38.4 Å². The van der Waals surface area contributed by atoms with Gasteiger partial charge in [0, 0.05) is 50.6 Å². The molecule has 0 bridgehead atoms. The molecule has 1 atom stereocenters. The van der Waals surface area contributed by atoms with Crippen LogP contribution in [0.4, 0.5) is 5.69 Å². The Kier molecular flexibility index (Phi) is 8.44. The molecule has 0 radical (unpaired) electrons. The molecule has 0 saturated carbocycles. The van der Waals surface area contributed by atoms with Gasteiger partial charge in [0.2, 0.25) is 10.0 Å². The summed E-state index contributed by atoms with van der Waals surface area (Å²) >= 11 is 0. The second-order valence-corrected chi connectivity index (χ2v) is 9.87. The molecule has 3 N–H and O–H groups in total. The third-order valence-corrected chi connectivity index (χ3v) is 6.80. The normalized spacial score (nSPS) is 12.2. The highest BCUT2D eigenvalue weighted by Gasteiger charge is 2.19. The van der Waals surface area contributed by atoms with E-state index in [0.717, 1.165) is 11.1 Å². The van der Waals surface area contributed by atoms with Crippen LogP contribution in [0.5, 0.6) is 5.75 Å². The second-order valence-electron chi connectivity index (χ2n) is 8.13. The summed E-state index contributed by atoms with van der Waals surface area (Å²) in [4.78, 5) is 25.3. The van der Waals surface area contributed by atoms with E-state index in [1.54, 1.807) is 18.2 Å². The van der Waals surface area contributed by atoms with Gasteiger partial charge in [-0.05, 0) is 36.2 Å². The average Bonchev–Trinajstić information content (AvgIpc) is 2.82. The zero-order valence-electron chi connectivity index (χ0n) is 19.8. The minimum atomic E-state index is -3.77. The zero-order chi connectivity index (χ0) is 25.6. The number of nitrogens with zero attached hydrogens (tertiary/aromatic N) is 1. The number of hydrogen-bond donors (Lipinski definition) is 3. The first-order valence-electron chi connectivity index (χ1n) is 11.0. The molecule has 0 spiro atoms. The van der Waals surface area contributed by atoms with Gasteiger partial charge in [0.05, 0.1) is 4.90 Å². The minimum absolute atomic E-state index is 0.111. The molecule has 0 heterocycles. The van der Waals surface area contributed by atoms with E-state index in [-0.39, 0.29) is 18.0 Å². The lowest BCUT2D eigenvalue weighted by molar-refractivity contribution is -0.132. The molecular weight excluding hydrogens is 470 g/mol. The summed E-state index contributed by atoms with van der Waals surface area (Å²) in [5.41, 5.74) is 1.26. The summed E-state index contributed by atoms with van der Waals surface area (Å²) in [6.45, 7) is 1.56. The summed E-state index contributed by atoms with van der Waals surface area (Å²) in [6.07, 6.45) is -1.07. The monoisotopic (exact) mass is 499 g/mol. The van der Waals surface area contributed by atoms with Crippen LogP contribution in [0, 0.1) is 0 Å². The van der Waals surface area contributed by atoms with Crippen molar-refractivity contribution in [3.05, 3.63) is 66.2 Å². The number of nitrogens with one attached hydrogen (secondary N) is 2. The van der Waals surface area contributed by atoms with Gasteiger partial charge in [0.25, 0.3) is 5.91 Å². The van der Waals surface area contributed by atoms with Crippen molar-refractivity contribution in [3.63, 3.8) is 0 Å². The predicted molar refractivity (Wildman–Crippen MR) is 134 cm³/mol. The van der Waals surface area contributed by atoms with Gasteiger partial charge in [-0.15, -0.1) is 0 Å². The second kappa shape index (κ2) is 11.3. The summed E-state index contributed by atoms with van der Waals surface area (Å²) in [7, 11) is 0.0319. The van der Waals surface area contributed by atoms with Gasteiger partial charge in [-0.3, -0.25) is 9.59 Å². The van der Waals surface area contributed by atoms with Gasteiger partial charge >= 0.3 is 5.97 Å². The quantitative estimate of drug-likeness (QED) is 0.222. The van der Waals surface area contributed by atoms with Crippen LogP contribution in [0.15, 0.2) is 65.6 Å². The molecule has 186 valence electrons. The number of rotatable bonds is 10. The third-order valence-electron chi connectivity index (χ3n) is 5.28. The molecule has 0 aromatic heterocycles. The van der Waals surface area contributed by atoms with Gasteiger partial charge in [-0.2, -0.15) is 0 Å². The Bertz CT molecular complexity index is 1310. The predicted octanol–water partition coefficient (Wildman–Crippen LogP) is 2.35. The van der Waals surface area contributed by atoms with Gasteiger partial charge in [0.1, 0.15) is 5.75 Å². The fourth-order valence-electron chi connectivity index (χ4n) is 3.61. The van der Waals surface area contributed by atoms with Gasteiger partial charge in [0.15, 0.2) is 6.10 Å². The molecule has 0 saturated heterocycles. The summed E-state index contributed by atoms with van der Waals surface area (Å²) in [6, 6.07) is 16.6. The molecule has 1 unspecified atom stereocenters. The Morgan fingerprint density at radius 2 is 1.63 bits per heavy atom. The van der Waals surface area contributed by atoms with E-state index in [4.69, 9.17) is 4.74 Å². The maximum Gasteiger partial charge on any atom is 0.308 e. The van der Waals surface area contributed by atoms with E-state index in [9.17, 15) is 23.1 Å². The van der Waals surface area contributed by atoms with Crippen LogP contribution in [-0.2, 0) is 19.6 Å². The molecule has 0 fully saturated rings. The summed E-state index contributed by atoms with van der Waals surface area (Å²) in [5.74, 6) is -0.769. The number of amides is 1. The number of hydrogen-bond acceptors (Lipinski definition) is 7. The molecule has 10 heteroatoms. The highest BCUT2D eigenvalue weighted by molar-refractivity contribution is 7.89. The van der Waals surface area contributed by atoms with Crippen LogP contribution in [0.1, 0.15) is 25.0 Å². The fourth-order valence-corrected chi connectivity index (χ4v) is 4.90. The zero-order valence-corrected chi connectivity index (χ0v) is 20.6. The molecule has 3 rings (SSSR count). The number of esters is 1. The van der Waals surface area contributed by atoms with Crippen molar-refractivity contribution in [3.8, 4) is 5.75 Å². The Hall–Kier alpha value is -3.47. The first-order chi connectivity index (χ1) is 16.6. The van der Waals surface area contributed by atoms with Crippen molar-refractivity contribution in [2.24, 2.45) is 0 Å². The van der Waals surface area contributed by atoms with Crippen molar-refractivity contribution in [2.75, 3.05) is 32.1 Å². The third kappa shape index (κ3) is 6.56. The summed E-state index contributed by atoms with van der Waals surface area (Å²) in [5, 5.41) is 14.3. The van der Waals surface area contributed by atoms with E-state index in [0.29, 0.717) is 23.1 Å². The molecule has 1 amide bonds. The van der Waals surface area contributed by atoms with E-state index in [1.807, 2.05) is 37.2 Å². The maximum atomic E-state index is 12.9. The van der Waals surface area contributed by atoms with Crippen molar-refractivity contribution < 1.29 is 27.9 Å². The smallest absolute Gasteiger partial charge is 0.308 e. The lowest BCUT2D eigenvalue weighted by atomic mass is 10.1. The fraction of sp³-hybridized carbons (Fsp3) is 0.280. The highest BCUT2D eigenvalue weighted by atomic mass is 32.2. The molecule has 0 aliphatic rings. The molecule has 0 aliphatic carbocycles. The number of anilines is 1. The lowest BCUT2D eigenvalue weighted by Crippen LogP contribution is -2.32. The standard InChI is InChI=1S/C25H29N3O6S/c1-17(29)34-19-13-11-18(12-14-19)24(30)25(31)26-15-6-16-27-35(32,33)23-10-5-7-20-21(23)8-4-9-22(20)28(2)3/h4-5,7-14,24,27,30H,6,15-16H2,1-3H3,(H,26,31). The topological polar surface area (TPSA) is 125 Å². The minimum Gasteiger partial charge on any atom is -0.427 e. The molecule has 0 aliphatic heterocycles. The SMILES string of the molecule is CC(=O)Oc1ccc(C(O)C(=O)NCCCNS(=O)(=O)c2cccc3c(N(C)C)cccc23)cc1. The number of aliphatic hydroxyl groups excluding tert-OH is 1. The Balaban J connectivity index is 1.54. The molecule has 3 aromatic rings. The van der Waals surface area contributed by atoms with Gasteiger partial charge in [-0.1, -0.05) is 36.4 Å². The Labute approximate surface area is 204 Å². The Morgan fingerprint density at radius 3 is 2.29 bits per heavy atom. The van der Waals surface area contributed by atoms with Crippen molar-refractivity contribution in [1.82, 2.24) is 10.0 Å². The summed E-state index contributed by atoms with van der Waals surface area (Å²) < 4.78 is 33.4. The first-order valence-corrected chi connectivity index (χ1v) is 12.5. The number of carbonyl (C=O) groups is 2. The van der Waals surface area contributed by atoms with Crippen molar-refractivity contribution in [1.29, 1.82) is 0 Å². The van der Waals surface area contributed by atoms with Crippen LogP contribution >= 0.6 is 0 Å². The molecule has 9 nitrogen and oxygen atoms in total. The van der Waals surface area contributed by atoms with Crippen LogP contribution in [-0.4, -0.2) is 52.6 Å². The van der Waals surface area contributed by atoms with Crippen molar-refractivity contribution in [2.45, 2.75) is 24.3 Å². The first kappa shape index (κ1) is 26.1. The molecular formula is C25H29N3O6S. The Morgan fingerprint density at radius 1 is 0.971 bits per heavy atom. The van der Waals surface area contributed by atoms with Gasteiger partial charge in [-0.25, -0.2) is 13.1 Å². The number of sulfonamides is 1. The largest absolute Gasteiger partial charge is 0.427 e. The molecule has 35 heavy (non-hydrogen) atoms. The average molecular weight is 500 g/mol. The number of aliphatic hydroxyl groups is 1. The number of ether oxygens (including phenoxy) is 1. The van der Waals surface area contributed by atoms with Crippen LogP contribution < -0.4 is 19.7 Å². The van der Waals surface area contributed by atoms with Crippen LogP contribution in [0.3, 0.4) is 0 Å². The number of carbonyl (C=O) groups excluding carboxylic acids is 2. The molecule has 3 aromatic carbocycles. The maximum absolute atomic E-state index is 12.9. The van der Waals surface area contributed by atoms with Gasteiger partial charge < -0.3 is 20.1 Å². The highest BCUT2D eigenvalue weighted by Crippen LogP contribution is 2.30. The van der Waals surface area contributed by atoms with E-state index >= 15 is 0 Å². The van der Waals surface area contributed by atoms with E-state index in [2.05, 4.69) is 10.0 Å². The van der Waals surface area contributed by atoms with Crippen LogP contribution in [0.25, 0.3) is 10.8 Å².